The molecular formula is C14H11N5S. The summed E-state index contributed by atoms with van der Waals surface area (Å²) in [4.78, 5) is 4.65. The van der Waals surface area contributed by atoms with Gasteiger partial charge < -0.3 is 11.1 Å². The molecule has 0 bridgehead atoms. The Morgan fingerprint density at radius 3 is 2.80 bits per heavy atom. The van der Waals surface area contributed by atoms with Crippen molar-refractivity contribution in [1.82, 2.24) is 15.2 Å². The summed E-state index contributed by atoms with van der Waals surface area (Å²) in [6, 6.07) is 11.5. The molecule has 3 N–H and O–H groups in total. The van der Waals surface area contributed by atoms with Gasteiger partial charge in [-0.05, 0) is 18.2 Å². The molecule has 0 saturated heterocycles. The summed E-state index contributed by atoms with van der Waals surface area (Å²) in [5, 5.41) is 12.1. The average molecular weight is 281 g/mol. The summed E-state index contributed by atoms with van der Waals surface area (Å²) < 4.78 is 0. The number of rotatable bonds is 3. The number of benzene rings is 1. The second-order valence-electron chi connectivity index (χ2n) is 4.16. The maximum absolute atomic E-state index is 5.69. The van der Waals surface area contributed by atoms with Crippen LogP contribution in [-0.4, -0.2) is 20.2 Å². The largest absolute Gasteiger partial charge is 0.389 e. The zero-order chi connectivity index (χ0) is 13.9. The highest BCUT2D eigenvalue weighted by atomic mass is 32.1. The quantitative estimate of drug-likeness (QED) is 0.718. The van der Waals surface area contributed by atoms with Crippen molar-refractivity contribution in [3.63, 3.8) is 0 Å². The molecule has 2 heterocycles. The van der Waals surface area contributed by atoms with Gasteiger partial charge in [0.15, 0.2) is 5.82 Å². The molecule has 0 fully saturated rings. The molecule has 0 amide bonds. The first-order chi connectivity index (χ1) is 9.75. The molecule has 98 valence electrons. The topological polar surface area (TPSA) is 76.7 Å². The maximum Gasteiger partial charge on any atom is 0.163 e. The molecule has 0 aliphatic heterocycles. The molecule has 0 saturated carbocycles. The lowest BCUT2D eigenvalue weighted by Crippen LogP contribution is -2.13. The van der Waals surface area contributed by atoms with E-state index < -0.39 is 0 Å². The monoisotopic (exact) mass is 281 g/mol. The Balaban J connectivity index is 2.08. The van der Waals surface area contributed by atoms with Crippen molar-refractivity contribution in [1.29, 1.82) is 0 Å². The predicted octanol–water partition coefficient (Wildman–Crippen LogP) is 2.40. The highest BCUT2D eigenvalue weighted by molar-refractivity contribution is 7.80. The number of nitrogens with one attached hydrogen (secondary N) is 1. The number of hydrogen-bond donors (Lipinski definition) is 2. The van der Waals surface area contributed by atoms with Crippen LogP contribution in [0.1, 0.15) is 5.56 Å². The normalized spacial score (nSPS) is 10.4. The van der Waals surface area contributed by atoms with E-state index in [1.54, 1.807) is 18.5 Å². The highest BCUT2D eigenvalue weighted by Gasteiger charge is 2.09. The third-order valence-electron chi connectivity index (χ3n) is 2.87. The Hall–Kier alpha value is -2.60. The number of thiocarbonyl (C=S) groups is 1. The van der Waals surface area contributed by atoms with E-state index in [2.05, 4.69) is 20.5 Å². The summed E-state index contributed by atoms with van der Waals surface area (Å²) in [5.41, 5.74) is 8.03. The number of pyridine rings is 1. The van der Waals surface area contributed by atoms with Crippen LogP contribution >= 0.6 is 12.2 Å². The summed E-state index contributed by atoms with van der Waals surface area (Å²) in [6.45, 7) is 0. The number of fused-ring (bicyclic) bond motifs is 1. The molecule has 0 spiro atoms. The zero-order valence-electron chi connectivity index (χ0n) is 10.4. The van der Waals surface area contributed by atoms with Crippen LogP contribution in [0.4, 0.5) is 11.5 Å². The van der Waals surface area contributed by atoms with Crippen LogP contribution in [0.25, 0.3) is 10.9 Å². The van der Waals surface area contributed by atoms with E-state index in [1.165, 1.54) is 0 Å². The van der Waals surface area contributed by atoms with Crippen molar-refractivity contribution in [2.24, 2.45) is 5.73 Å². The van der Waals surface area contributed by atoms with Gasteiger partial charge >= 0.3 is 0 Å². The van der Waals surface area contributed by atoms with Crippen molar-refractivity contribution < 1.29 is 0 Å². The summed E-state index contributed by atoms with van der Waals surface area (Å²) in [7, 11) is 0. The first kappa shape index (κ1) is 12.4. The number of hydrogen-bond acceptors (Lipinski definition) is 5. The first-order valence-corrected chi connectivity index (χ1v) is 6.39. The molecule has 0 atom stereocenters. The van der Waals surface area contributed by atoms with Crippen LogP contribution in [0.15, 0.2) is 48.8 Å². The van der Waals surface area contributed by atoms with Crippen LogP contribution < -0.4 is 11.1 Å². The van der Waals surface area contributed by atoms with Gasteiger partial charge in [0, 0.05) is 11.6 Å². The van der Waals surface area contributed by atoms with Gasteiger partial charge in [-0.3, -0.25) is 4.98 Å². The van der Waals surface area contributed by atoms with E-state index >= 15 is 0 Å². The van der Waals surface area contributed by atoms with E-state index in [0.717, 1.165) is 16.6 Å². The Bertz CT molecular complexity index is 782. The van der Waals surface area contributed by atoms with E-state index in [4.69, 9.17) is 18.0 Å². The second-order valence-corrected chi connectivity index (χ2v) is 4.60. The van der Waals surface area contributed by atoms with E-state index in [9.17, 15) is 0 Å². The fourth-order valence-electron chi connectivity index (χ4n) is 1.96. The Kier molecular flexibility index (Phi) is 3.22. The van der Waals surface area contributed by atoms with E-state index in [0.29, 0.717) is 11.4 Å². The maximum atomic E-state index is 5.69. The molecule has 0 unspecified atom stereocenters. The van der Waals surface area contributed by atoms with Gasteiger partial charge in [0.2, 0.25) is 0 Å². The molecule has 5 nitrogen and oxygen atoms in total. The lowest BCUT2D eigenvalue weighted by atomic mass is 10.2. The highest BCUT2D eigenvalue weighted by Crippen LogP contribution is 2.24. The van der Waals surface area contributed by atoms with Gasteiger partial charge in [0.05, 0.1) is 23.0 Å². The van der Waals surface area contributed by atoms with Gasteiger partial charge in [-0.2, -0.15) is 5.10 Å². The minimum absolute atomic E-state index is 0.274. The number of nitrogens with zero attached hydrogens (tertiary/aromatic N) is 3. The number of para-hydroxylation sites is 1. The molecule has 2 aromatic heterocycles. The second kappa shape index (κ2) is 5.18. The third kappa shape index (κ3) is 2.28. The first-order valence-electron chi connectivity index (χ1n) is 5.98. The summed E-state index contributed by atoms with van der Waals surface area (Å²) >= 11 is 5.02. The van der Waals surface area contributed by atoms with Crippen LogP contribution in [-0.2, 0) is 0 Å². The molecule has 1 aromatic carbocycles. The molecule has 0 aliphatic carbocycles. The van der Waals surface area contributed by atoms with Gasteiger partial charge in [0.25, 0.3) is 0 Å². The molecule has 3 rings (SSSR count). The fraction of sp³-hybridized carbons (Fsp3) is 0. The smallest absolute Gasteiger partial charge is 0.163 e. The van der Waals surface area contributed by atoms with Gasteiger partial charge in [-0.1, -0.05) is 30.4 Å². The number of nitrogens with two attached hydrogens (primary N) is 1. The van der Waals surface area contributed by atoms with Gasteiger partial charge in [-0.25, -0.2) is 0 Å². The van der Waals surface area contributed by atoms with Gasteiger partial charge in [-0.15, -0.1) is 5.10 Å². The Labute approximate surface area is 120 Å². The molecule has 0 radical (unpaired) electrons. The lowest BCUT2D eigenvalue weighted by molar-refractivity contribution is 1.03. The van der Waals surface area contributed by atoms with Crippen molar-refractivity contribution >= 4 is 39.6 Å². The predicted molar refractivity (Wildman–Crippen MR) is 82.9 cm³/mol. The van der Waals surface area contributed by atoms with Crippen LogP contribution in [0.3, 0.4) is 0 Å². The van der Waals surface area contributed by atoms with Crippen molar-refractivity contribution in [2.75, 3.05) is 5.32 Å². The Morgan fingerprint density at radius 2 is 1.95 bits per heavy atom. The summed E-state index contributed by atoms with van der Waals surface area (Å²) in [6.07, 6.45) is 3.31. The average Bonchev–Trinajstić information content (AvgIpc) is 2.48. The van der Waals surface area contributed by atoms with Crippen molar-refractivity contribution in [3.8, 4) is 0 Å². The van der Waals surface area contributed by atoms with Crippen LogP contribution in [0.2, 0.25) is 0 Å². The van der Waals surface area contributed by atoms with Crippen LogP contribution in [0, 0.1) is 0 Å². The van der Waals surface area contributed by atoms with Gasteiger partial charge in [0.1, 0.15) is 4.99 Å². The van der Waals surface area contributed by atoms with Crippen molar-refractivity contribution in [3.05, 3.63) is 54.4 Å². The molecule has 3 aromatic rings. The number of aromatic nitrogens is 3. The minimum Gasteiger partial charge on any atom is -0.389 e. The molecular weight excluding hydrogens is 270 g/mol. The third-order valence-corrected chi connectivity index (χ3v) is 3.09. The number of anilines is 2. The molecule has 20 heavy (non-hydrogen) atoms. The summed E-state index contributed by atoms with van der Waals surface area (Å²) in [5.74, 6) is 0.526. The molecule has 6 heteroatoms. The minimum atomic E-state index is 0.274. The molecule has 0 aliphatic rings. The van der Waals surface area contributed by atoms with E-state index in [-0.39, 0.29) is 4.99 Å². The lowest BCUT2D eigenvalue weighted by Gasteiger charge is -2.10. The van der Waals surface area contributed by atoms with E-state index in [1.807, 2.05) is 30.3 Å². The SMILES string of the molecule is NC(=S)c1ccnnc1Nc1cccc2cccnc12. The fourth-order valence-corrected chi connectivity index (χ4v) is 2.12. The Morgan fingerprint density at radius 1 is 1.10 bits per heavy atom. The zero-order valence-corrected chi connectivity index (χ0v) is 11.3. The standard InChI is InChI=1S/C14H11N5S/c15-13(20)10-6-8-17-19-14(10)18-11-5-1-3-9-4-2-7-16-12(9)11/h1-8H,(H2,15,20)(H,18,19). The van der Waals surface area contributed by atoms with Crippen LogP contribution in [0.5, 0.6) is 0 Å². The van der Waals surface area contributed by atoms with Crippen molar-refractivity contribution in [2.45, 2.75) is 0 Å².